The average molecular weight is 421 g/mol. The van der Waals surface area contributed by atoms with E-state index in [1.807, 2.05) is 0 Å². The highest BCUT2D eigenvalue weighted by Crippen LogP contribution is 2.36. The summed E-state index contributed by atoms with van der Waals surface area (Å²) >= 11 is 0. The minimum absolute atomic E-state index is 0.106. The Morgan fingerprint density at radius 1 is 0.633 bits per heavy atom. The molecular formula is C27H48O3. The Bertz CT molecular complexity index is 495. The van der Waals surface area contributed by atoms with Crippen LogP contribution in [0.2, 0.25) is 0 Å². The van der Waals surface area contributed by atoms with Crippen LogP contribution in [0, 0.1) is 0 Å². The summed E-state index contributed by atoms with van der Waals surface area (Å²) in [5.41, 5.74) is 0. The predicted molar refractivity (Wildman–Crippen MR) is 129 cm³/mol. The maximum absolute atomic E-state index is 10.1. The molecule has 0 saturated heterocycles. The lowest BCUT2D eigenvalue weighted by Gasteiger charge is -2.20. The van der Waals surface area contributed by atoms with Crippen LogP contribution in [0.3, 0.4) is 0 Å². The zero-order valence-corrected chi connectivity index (χ0v) is 19.8. The van der Waals surface area contributed by atoms with E-state index < -0.39 is 0 Å². The molecule has 1 aromatic carbocycles. The van der Waals surface area contributed by atoms with Gasteiger partial charge in [0.2, 0.25) is 5.75 Å². The van der Waals surface area contributed by atoms with Crippen LogP contribution in [0.25, 0.3) is 0 Å². The van der Waals surface area contributed by atoms with E-state index in [2.05, 4.69) is 13.8 Å². The van der Waals surface area contributed by atoms with Crippen LogP contribution >= 0.6 is 0 Å². The summed E-state index contributed by atoms with van der Waals surface area (Å²) in [7, 11) is 0. The molecule has 0 spiro atoms. The number of phenolic OH excluding ortho intramolecular Hbond substituents is 2. The molecule has 0 aromatic heterocycles. The second-order valence-electron chi connectivity index (χ2n) is 8.89. The maximum Gasteiger partial charge on any atom is 0.200 e. The topological polar surface area (TPSA) is 49.7 Å². The van der Waals surface area contributed by atoms with Gasteiger partial charge in [0.15, 0.2) is 11.5 Å². The fourth-order valence-electron chi connectivity index (χ4n) is 4.06. The predicted octanol–water partition coefficient (Wildman–Crippen LogP) is 8.91. The molecule has 1 rings (SSSR count). The van der Waals surface area contributed by atoms with Crippen LogP contribution in [0.1, 0.15) is 129 Å². The van der Waals surface area contributed by atoms with Crippen molar-refractivity contribution in [3.05, 3.63) is 18.2 Å². The summed E-state index contributed by atoms with van der Waals surface area (Å²) in [6.45, 7) is 4.52. The van der Waals surface area contributed by atoms with Crippen molar-refractivity contribution < 1.29 is 14.9 Å². The molecule has 0 aliphatic carbocycles. The number of ether oxygens (including phenoxy) is 1. The SMILES string of the molecule is CCCCCCCCCCC(CCCCCCCCCC)Oc1cccc(O)c1O. The van der Waals surface area contributed by atoms with Crippen LogP contribution in [0.4, 0.5) is 0 Å². The van der Waals surface area contributed by atoms with E-state index in [1.54, 1.807) is 12.1 Å². The molecule has 0 fully saturated rings. The summed E-state index contributed by atoms with van der Waals surface area (Å²) in [4.78, 5) is 0. The van der Waals surface area contributed by atoms with Crippen molar-refractivity contribution in [3.63, 3.8) is 0 Å². The summed E-state index contributed by atoms with van der Waals surface area (Å²) in [6, 6.07) is 4.98. The molecule has 174 valence electrons. The van der Waals surface area contributed by atoms with Crippen molar-refractivity contribution in [2.75, 3.05) is 0 Å². The van der Waals surface area contributed by atoms with Gasteiger partial charge in [-0.3, -0.25) is 0 Å². The first-order valence-corrected chi connectivity index (χ1v) is 12.9. The lowest BCUT2D eigenvalue weighted by Crippen LogP contribution is -2.16. The van der Waals surface area contributed by atoms with Crippen LogP contribution in [0.15, 0.2) is 18.2 Å². The van der Waals surface area contributed by atoms with Gasteiger partial charge in [0.25, 0.3) is 0 Å². The van der Waals surface area contributed by atoms with Gasteiger partial charge in [-0.2, -0.15) is 0 Å². The van der Waals surface area contributed by atoms with E-state index in [-0.39, 0.29) is 17.6 Å². The fraction of sp³-hybridized carbons (Fsp3) is 0.778. The third-order valence-corrected chi connectivity index (χ3v) is 6.03. The lowest BCUT2D eigenvalue weighted by atomic mass is 10.0. The summed E-state index contributed by atoms with van der Waals surface area (Å²) in [5.74, 6) is 0.180. The standard InChI is InChI=1S/C27H48O3/c1-3-5-7-9-11-13-15-17-20-24(21-18-16-14-12-10-8-6-4-2)30-26-23-19-22-25(28)27(26)29/h19,22-24,28-29H,3-18,20-21H2,1-2H3. The Labute approximate surface area is 186 Å². The van der Waals surface area contributed by atoms with E-state index in [9.17, 15) is 10.2 Å². The molecule has 2 N–H and O–H groups in total. The van der Waals surface area contributed by atoms with Crippen LogP contribution in [-0.2, 0) is 0 Å². The third kappa shape index (κ3) is 13.0. The first-order chi connectivity index (χ1) is 14.7. The van der Waals surface area contributed by atoms with Crippen molar-refractivity contribution in [1.29, 1.82) is 0 Å². The second kappa shape index (κ2) is 18.4. The number of hydrogen-bond donors (Lipinski definition) is 2. The van der Waals surface area contributed by atoms with Crippen LogP contribution in [0.5, 0.6) is 17.2 Å². The van der Waals surface area contributed by atoms with Gasteiger partial charge in [-0.05, 0) is 37.8 Å². The molecule has 0 aliphatic heterocycles. The van der Waals surface area contributed by atoms with Gasteiger partial charge < -0.3 is 14.9 Å². The molecule has 0 amide bonds. The van der Waals surface area contributed by atoms with Crippen LogP contribution < -0.4 is 4.74 Å². The quantitative estimate of drug-likeness (QED) is 0.163. The zero-order chi connectivity index (χ0) is 21.9. The number of phenols is 2. The molecule has 0 saturated carbocycles. The van der Waals surface area contributed by atoms with Gasteiger partial charge in [0, 0.05) is 0 Å². The number of para-hydroxylation sites is 1. The third-order valence-electron chi connectivity index (χ3n) is 6.03. The molecule has 0 atom stereocenters. The van der Waals surface area contributed by atoms with Crippen molar-refractivity contribution >= 4 is 0 Å². The largest absolute Gasteiger partial charge is 0.504 e. The highest BCUT2D eigenvalue weighted by atomic mass is 16.5. The smallest absolute Gasteiger partial charge is 0.200 e. The first kappa shape index (κ1) is 26.7. The minimum Gasteiger partial charge on any atom is -0.504 e. The molecule has 0 heterocycles. The highest BCUT2D eigenvalue weighted by molar-refractivity contribution is 5.48. The molecule has 0 bridgehead atoms. The Morgan fingerprint density at radius 3 is 1.53 bits per heavy atom. The van der Waals surface area contributed by atoms with Crippen molar-refractivity contribution in [2.45, 2.75) is 136 Å². The van der Waals surface area contributed by atoms with Crippen molar-refractivity contribution in [3.8, 4) is 17.2 Å². The van der Waals surface area contributed by atoms with E-state index in [4.69, 9.17) is 4.74 Å². The minimum atomic E-state index is -0.130. The maximum atomic E-state index is 10.1. The summed E-state index contributed by atoms with van der Waals surface area (Å²) in [5, 5.41) is 19.8. The van der Waals surface area contributed by atoms with E-state index >= 15 is 0 Å². The Balaban J connectivity index is 2.33. The Morgan fingerprint density at radius 2 is 1.07 bits per heavy atom. The van der Waals surface area contributed by atoms with Crippen molar-refractivity contribution in [2.24, 2.45) is 0 Å². The molecule has 3 nitrogen and oxygen atoms in total. The number of hydrogen-bond acceptors (Lipinski definition) is 3. The summed E-state index contributed by atoms with van der Waals surface area (Å²) < 4.78 is 6.14. The van der Waals surface area contributed by atoms with Gasteiger partial charge in [-0.1, -0.05) is 110 Å². The lowest BCUT2D eigenvalue weighted by molar-refractivity contribution is 0.165. The molecule has 1 aromatic rings. The van der Waals surface area contributed by atoms with Crippen LogP contribution in [-0.4, -0.2) is 16.3 Å². The molecule has 0 aliphatic rings. The first-order valence-electron chi connectivity index (χ1n) is 12.9. The van der Waals surface area contributed by atoms with Gasteiger partial charge in [-0.15, -0.1) is 0 Å². The van der Waals surface area contributed by atoms with Crippen molar-refractivity contribution in [1.82, 2.24) is 0 Å². The number of aromatic hydroxyl groups is 2. The second-order valence-corrected chi connectivity index (χ2v) is 8.89. The monoisotopic (exact) mass is 420 g/mol. The molecule has 30 heavy (non-hydrogen) atoms. The summed E-state index contributed by atoms with van der Waals surface area (Å²) in [6.07, 6.45) is 23.2. The number of benzene rings is 1. The molecule has 3 heteroatoms. The normalized spacial score (nSPS) is 11.3. The highest BCUT2D eigenvalue weighted by Gasteiger charge is 2.14. The van der Waals surface area contributed by atoms with Gasteiger partial charge in [-0.25, -0.2) is 0 Å². The molecule has 0 radical (unpaired) electrons. The van der Waals surface area contributed by atoms with E-state index in [1.165, 1.54) is 109 Å². The van der Waals surface area contributed by atoms with E-state index in [0.717, 1.165) is 12.8 Å². The average Bonchev–Trinajstić information content (AvgIpc) is 2.74. The fourth-order valence-corrected chi connectivity index (χ4v) is 4.06. The molecular weight excluding hydrogens is 372 g/mol. The Hall–Kier alpha value is -1.38. The molecule has 0 unspecified atom stereocenters. The Kier molecular flexibility index (Phi) is 16.3. The van der Waals surface area contributed by atoms with Gasteiger partial charge in [0.05, 0.1) is 6.10 Å². The van der Waals surface area contributed by atoms with E-state index in [0.29, 0.717) is 5.75 Å². The van der Waals surface area contributed by atoms with Gasteiger partial charge in [0.1, 0.15) is 0 Å². The van der Waals surface area contributed by atoms with Gasteiger partial charge >= 0.3 is 0 Å². The number of rotatable bonds is 20. The number of unbranched alkanes of at least 4 members (excludes halogenated alkanes) is 14. The zero-order valence-electron chi connectivity index (χ0n) is 19.8.